The van der Waals surface area contributed by atoms with E-state index < -0.39 is 0 Å². The number of rotatable bonds is 7. The summed E-state index contributed by atoms with van der Waals surface area (Å²) in [6.07, 6.45) is 1.83. The second-order valence-electron chi connectivity index (χ2n) is 8.96. The van der Waals surface area contributed by atoms with Crippen molar-refractivity contribution in [2.45, 2.75) is 59.1 Å². The van der Waals surface area contributed by atoms with Crippen molar-refractivity contribution in [2.75, 3.05) is 32.8 Å². The van der Waals surface area contributed by atoms with Crippen LogP contribution in [0.3, 0.4) is 0 Å². The van der Waals surface area contributed by atoms with E-state index in [2.05, 4.69) is 35.5 Å². The van der Waals surface area contributed by atoms with Crippen LogP contribution in [-0.4, -0.2) is 61.2 Å². The highest BCUT2D eigenvalue weighted by Crippen LogP contribution is 2.41. The molecule has 1 saturated heterocycles. The summed E-state index contributed by atoms with van der Waals surface area (Å²) in [7, 11) is 0. The summed E-state index contributed by atoms with van der Waals surface area (Å²) in [5, 5.41) is 6.74. The number of likely N-dealkylation sites (tertiary alicyclic amines) is 1. The molecular weight excluding hydrogens is 380 g/mol. The van der Waals surface area contributed by atoms with Crippen LogP contribution in [0.25, 0.3) is 0 Å². The molecule has 0 spiro atoms. The highest BCUT2D eigenvalue weighted by molar-refractivity contribution is 5.81. The van der Waals surface area contributed by atoms with Gasteiger partial charge in [0.1, 0.15) is 12.2 Å². The van der Waals surface area contributed by atoms with Gasteiger partial charge in [-0.25, -0.2) is 4.99 Å². The lowest BCUT2D eigenvalue weighted by atomic mass is 10.0. The molecule has 0 radical (unpaired) electrons. The maximum atomic E-state index is 12.2. The number of carbonyl (C=O) groups excluding carboxylic acids is 1. The monoisotopic (exact) mass is 416 g/mol. The van der Waals surface area contributed by atoms with Crippen molar-refractivity contribution in [3.05, 3.63) is 23.8 Å². The van der Waals surface area contributed by atoms with Crippen LogP contribution in [0, 0.1) is 5.92 Å². The third kappa shape index (κ3) is 5.58. The van der Waals surface area contributed by atoms with Crippen LogP contribution in [0.1, 0.15) is 46.6 Å². The summed E-state index contributed by atoms with van der Waals surface area (Å²) in [6, 6.07) is 6.28. The van der Waals surface area contributed by atoms with Gasteiger partial charge >= 0.3 is 0 Å². The molecule has 0 saturated carbocycles. The highest BCUT2D eigenvalue weighted by Gasteiger charge is 2.32. The van der Waals surface area contributed by atoms with Crippen LogP contribution >= 0.6 is 0 Å². The fourth-order valence-electron chi connectivity index (χ4n) is 3.97. The van der Waals surface area contributed by atoms with E-state index in [1.807, 2.05) is 37.8 Å². The van der Waals surface area contributed by atoms with Gasteiger partial charge in [-0.3, -0.25) is 4.79 Å². The van der Waals surface area contributed by atoms with Crippen molar-refractivity contribution in [3.63, 3.8) is 0 Å². The average Bonchev–Trinajstić information content (AvgIpc) is 3.27. The van der Waals surface area contributed by atoms with Crippen molar-refractivity contribution in [2.24, 2.45) is 10.9 Å². The molecule has 1 amide bonds. The van der Waals surface area contributed by atoms with Gasteiger partial charge in [0.25, 0.3) is 0 Å². The van der Waals surface area contributed by atoms with E-state index >= 15 is 0 Å². The normalized spacial score (nSPS) is 20.1. The number of aliphatic imine (C=N–C) groups is 1. The van der Waals surface area contributed by atoms with E-state index in [1.54, 1.807) is 0 Å². The number of hydrogen-bond acceptors (Lipinski definition) is 4. The molecule has 166 valence electrons. The summed E-state index contributed by atoms with van der Waals surface area (Å²) >= 11 is 0. The smallest absolute Gasteiger partial charge is 0.225 e. The second kappa shape index (κ2) is 9.58. The quantitative estimate of drug-likeness (QED) is 0.406. The van der Waals surface area contributed by atoms with Crippen molar-refractivity contribution in [1.82, 2.24) is 15.5 Å². The lowest BCUT2D eigenvalue weighted by molar-refractivity contribution is -0.133. The third-order valence-electron chi connectivity index (χ3n) is 5.35. The molecule has 30 heavy (non-hydrogen) atoms. The molecule has 7 heteroatoms. The molecule has 1 aromatic rings. The molecule has 1 unspecified atom stereocenters. The zero-order valence-electron chi connectivity index (χ0n) is 19.0. The van der Waals surface area contributed by atoms with Crippen molar-refractivity contribution in [1.29, 1.82) is 0 Å². The minimum Gasteiger partial charge on any atom is -0.488 e. The molecule has 0 bridgehead atoms. The molecule has 2 heterocycles. The molecule has 0 aromatic heterocycles. The molecule has 1 atom stereocenters. The van der Waals surface area contributed by atoms with Crippen LogP contribution in [0.4, 0.5) is 0 Å². The molecule has 2 aliphatic rings. The maximum Gasteiger partial charge on any atom is 0.225 e. The number of hydrogen-bond donors (Lipinski definition) is 2. The first kappa shape index (κ1) is 22.2. The van der Waals surface area contributed by atoms with Crippen LogP contribution in [0.2, 0.25) is 0 Å². The second-order valence-corrected chi connectivity index (χ2v) is 8.96. The van der Waals surface area contributed by atoms with Crippen LogP contribution in [0.5, 0.6) is 11.5 Å². The topological polar surface area (TPSA) is 75.2 Å². The van der Waals surface area contributed by atoms with Gasteiger partial charge in [-0.2, -0.15) is 0 Å². The van der Waals surface area contributed by atoms with E-state index in [0.717, 1.165) is 49.9 Å². The summed E-state index contributed by atoms with van der Waals surface area (Å²) < 4.78 is 12.0. The van der Waals surface area contributed by atoms with E-state index in [4.69, 9.17) is 9.47 Å². The summed E-state index contributed by atoms with van der Waals surface area (Å²) in [5.74, 6) is 2.66. The molecule has 0 aliphatic carbocycles. The zero-order chi connectivity index (χ0) is 21.7. The Labute approximate surface area is 180 Å². The number of nitrogens with zero attached hydrogens (tertiary/aromatic N) is 2. The van der Waals surface area contributed by atoms with Gasteiger partial charge in [0.05, 0.1) is 6.54 Å². The Bertz CT molecular complexity index is 776. The fourth-order valence-corrected chi connectivity index (χ4v) is 3.97. The molecule has 1 aromatic carbocycles. The van der Waals surface area contributed by atoms with E-state index in [1.165, 1.54) is 5.56 Å². The molecule has 3 rings (SSSR count). The van der Waals surface area contributed by atoms with Crippen molar-refractivity contribution in [3.8, 4) is 11.5 Å². The van der Waals surface area contributed by atoms with Gasteiger partial charge in [0.2, 0.25) is 5.91 Å². The Kier molecular flexibility index (Phi) is 7.10. The molecule has 7 nitrogen and oxygen atoms in total. The minimum atomic E-state index is -0.186. The van der Waals surface area contributed by atoms with Gasteiger partial charge < -0.3 is 25.0 Å². The lowest BCUT2D eigenvalue weighted by Gasteiger charge is -2.20. The van der Waals surface area contributed by atoms with Crippen molar-refractivity contribution >= 4 is 11.9 Å². The Morgan fingerprint density at radius 3 is 2.93 bits per heavy atom. The standard InChI is InChI=1S/C23H36N4O3/c1-6-24-22(26-18-10-12-27(15-18)21(28)16(2)3)25-11-13-29-19-9-7-8-17-14-23(4,5)30-20(17)19/h7-9,16,18H,6,10-15H2,1-5H3,(H2,24,25,26). The first-order valence-electron chi connectivity index (χ1n) is 11.1. The first-order valence-corrected chi connectivity index (χ1v) is 11.1. The Balaban J connectivity index is 1.51. The van der Waals surface area contributed by atoms with Gasteiger partial charge in [-0.1, -0.05) is 26.0 Å². The van der Waals surface area contributed by atoms with Crippen LogP contribution < -0.4 is 20.1 Å². The fraction of sp³-hybridized carbons (Fsp3) is 0.652. The summed E-state index contributed by atoms with van der Waals surface area (Å²) in [5.41, 5.74) is 1.01. The van der Waals surface area contributed by atoms with Gasteiger partial charge in [0.15, 0.2) is 17.5 Å². The number of carbonyl (C=O) groups is 1. The van der Waals surface area contributed by atoms with E-state index in [-0.39, 0.29) is 23.5 Å². The Morgan fingerprint density at radius 1 is 1.40 bits per heavy atom. The predicted molar refractivity (Wildman–Crippen MR) is 119 cm³/mol. The third-order valence-corrected chi connectivity index (χ3v) is 5.35. The number of fused-ring (bicyclic) bond motifs is 1. The number of nitrogens with one attached hydrogen (secondary N) is 2. The molecule has 2 N–H and O–H groups in total. The maximum absolute atomic E-state index is 12.2. The van der Waals surface area contributed by atoms with E-state index in [0.29, 0.717) is 13.2 Å². The number of para-hydroxylation sites is 1. The summed E-state index contributed by atoms with van der Waals surface area (Å²) in [4.78, 5) is 18.8. The minimum absolute atomic E-state index is 0.0387. The van der Waals surface area contributed by atoms with Gasteiger partial charge in [-0.15, -0.1) is 0 Å². The Morgan fingerprint density at radius 2 is 2.20 bits per heavy atom. The number of guanidine groups is 1. The first-order chi connectivity index (χ1) is 14.3. The highest BCUT2D eigenvalue weighted by atomic mass is 16.5. The number of amides is 1. The van der Waals surface area contributed by atoms with Gasteiger partial charge in [0, 0.05) is 43.6 Å². The molecule has 1 fully saturated rings. The number of benzene rings is 1. The largest absolute Gasteiger partial charge is 0.488 e. The predicted octanol–water partition coefficient (Wildman–Crippen LogP) is 2.59. The molecule has 2 aliphatic heterocycles. The SMILES string of the molecule is CCNC(=NCCOc1cccc2c1OC(C)(C)C2)NC1CCN(C(=O)C(C)C)C1. The van der Waals surface area contributed by atoms with Crippen LogP contribution in [-0.2, 0) is 11.2 Å². The summed E-state index contributed by atoms with van der Waals surface area (Å²) in [6.45, 7) is 13.4. The Hall–Kier alpha value is -2.44. The lowest BCUT2D eigenvalue weighted by Crippen LogP contribution is -2.45. The zero-order valence-corrected chi connectivity index (χ0v) is 19.0. The number of ether oxygens (including phenoxy) is 2. The van der Waals surface area contributed by atoms with Crippen LogP contribution in [0.15, 0.2) is 23.2 Å². The average molecular weight is 417 g/mol. The van der Waals surface area contributed by atoms with E-state index in [9.17, 15) is 4.79 Å². The molecular formula is C23H36N4O3. The van der Waals surface area contributed by atoms with Gasteiger partial charge in [-0.05, 0) is 33.3 Å². The van der Waals surface area contributed by atoms with Crippen molar-refractivity contribution < 1.29 is 14.3 Å².